The van der Waals surface area contributed by atoms with E-state index in [0.29, 0.717) is 0 Å². The summed E-state index contributed by atoms with van der Waals surface area (Å²) in [6, 6.07) is 5.94. The van der Waals surface area contributed by atoms with Crippen LogP contribution in [0, 0.1) is 0 Å². The van der Waals surface area contributed by atoms with Crippen LogP contribution >= 0.6 is 15.1 Å². The molecule has 0 spiro atoms. The Morgan fingerprint density at radius 1 is 1.00 bits per heavy atom. The maximum Gasteiger partial charge on any atom is 0.174 e. The van der Waals surface area contributed by atoms with Crippen molar-refractivity contribution < 1.29 is 14.0 Å². The highest BCUT2D eigenvalue weighted by Crippen LogP contribution is 2.80. The van der Waals surface area contributed by atoms with Crippen molar-refractivity contribution in [1.82, 2.24) is 0 Å². The number of hydrogen-bond donors (Lipinski definition) is 0. The lowest BCUT2D eigenvalue weighted by Crippen LogP contribution is -2.38. The minimum Gasteiger partial charge on any atom is -0.496 e. The van der Waals surface area contributed by atoms with Crippen molar-refractivity contribution in [2.45, 2.75) is 83.4 Å². The molecule has 0 aromatic heterocycles. The number of methoxy groups -OCH3 is 1. The van der Waals surface area contributed by atoms with Gasteiger partial charge in [0.1, 0.15) is 18.6 Å². The topological polar surface area (TPSA) is 35.5 Å². The molecule has 0 aliphatic carbocycles. The molecule has 142 valence electrons. The van der Waals surface area contributed by atoms with E-state index in [0.717, 1.165) is 16.8 Å². The SMILES string of the molecule is COc1cccc2c1[P@](C(C)(C)C)[C@H](P(=O)(C(C)(C)C)C(C)(C)C)O2. The summed E-state index contributed by atoms with van der Waals surface area (Å²) < 4.78 is 26.8. The van der Waals surface area contributed by atoms with E-state index in [9.17, 15) is 4.57 Å². The van der Waals surface area contributed by atoms with E-state index in [-0.39, 0.29) is 21.1 Å². The zero-order valence-electron chi connectivity index (χ0n) is 17.4. The van der Waals surface area contributed by atoms with Crippen LogP contribution in [-0.4, -0.2) is 28.2 Å². The molecule has 0 bridgehead atoms. The van der Waals surface area contributed by atoms with Crippen LogP contribution in [-0.2, 0) is 4.57 Å². The van der Waals surface area contributed by atoms with Crippen molar-refractivity contribution in [2.24, 2.45) is 0 Å². The Hall–Kier alpha value is -0.520. The van der Waals surface area contributed by atoms with Crippen LogP contribution in [0.25, 0.3) is 0 Å². The lowest BCUT2D eigenvalue weighted by Gasteiger charge is -2.47. The molecule has 2 rings (SSSR count). The van der Waals surface area contributed by atoms with E-state index < -0.39 is 15.1 Å². The summed E-state index contributed by atoms with van der Waals surface area (Å²) in [4.78, 5) is 0. The minimum atomic E-state index is -2.75. The van der Waals surface area contributed by atoms with E-state index >= 15 is 0 Å². The van der Waals surface area contributed by atoms with Crippen LogP contribution in [0.5, 0.6) is 11.5 Å². The van der Waals surface area contributed by atoms with Gasteiger partial charge in [-0.05, 0) is 25.2 Å². The largest absolute Gasteiger partial charge is 0.496 e. The minimum absolute atomic E-state index is 0.0357. The third kappa shape index (κ3) is 3.28. The van der Waals surface area contributed by atoms with Gasteiger partial charge < -0.3 is 14.0 Å². The lowest BCUT2D eigenvalue weighted by atomic mass is 10.2. The van der Waals surface area contributed by atoms with Crippen LogP contribution in [0.15, 0.2) is 18.2 Å². The van der Waals surface area contributed by atoms with Crippen molar-refractivity contribution in [3.05, 3.63) is 18.2 Å². The number of benzene rings is 1. The van der Waals surface area contributed by atoms with Crippen LogP contribution in [0.1, 0.15) is 62.3 Å². The standard InChI is InChI=1S/C20H34O3P2/c1-18(2,3)24-16-14(22-10)12-11-13-15(16)23-17(24)25(21,19(4,5)6)20(7,8)9/h11-13,17H,1-10H3/t17-,24+/m1/s1. The predicted molar refractivity (Wildman–Crippen MR) is 111 cm³/mol. The first-order valence-corrected chi connectivity index (χ1v) is 12.1. The number of rotatable bonds is 2. The number of hydrogen-bond acceptors (Lipinski definition) is 3. The maximum atomic E-state index is 14.6. The molecule has 0 saturated carbocycles. The van der Waals surface area contributed by atoms with Gasteiger partial charge in [-0.1, -0.05) is 68.4 Å². The molecule has 0 saturated heterocycles. The van der Waals surface area contributed by atoms with Crippen molar-refractivity contribution in [1.29, 1.82) is 0 Å². The van der Waals surface area contributed by atoms with Crippen molar-refractivity contribution in [3.8, 4) is 11.5 Å². The van der Waals surface area contributed by atoms with Gasteiger partial charge in [-0.2, -0.15) is 0 Å². The molecule has 0 amide bonds. The van der Waals surface area contributed by atoms with Gasteiger partial charge in [0.2, 0.25) is 0 Å². The van der Waals surface area contributed by atoms with Gasteiger partial charge in [0.15, 0.2) is 5.59 Å². The molecule has 5 heteroatoms. The van der Waals surface area contributed by atoms with E-state index in [2.05, 4.69) is 62.3 Å². The van der Waals surface area contributed by atoms with Crippen molar-refractivity contribution >= 4 is 20.4 Å². The molecule has 3 nitrogen and oxygen atoms in total. The molecule has 25 heavy (non-hydrogen) atoms. The zero-order valence-corrected chi connectivity index (χ0v) is 19.2. The second-order valence-corrected chi connectivity index (χ2v) is 17.7. The summed E-state index contributed by atoms with van der Waals surface area (Å²) in [7, 11) is -1.87. The number of fused-ring (bicyclic) bond motifs is 1. The molecule has 1 heterocycles. The Labute approximate surface area is 155 Å². The summed E-state index contributed by atoms with van der Waals surface area (Å²) in [5.74, 6) is 1.70. The summed E-state index contributed by atoms with van der Waals surface area (Å²) in [5, 5.41) is 0.423. The molecule has 1 aliphatic heterocycles. The first-order chi connectivity index (χ1) is 11.2. The Morgan fingerprint density at radius 3 is 1.92 bits per heavy atom. The van der Waals surface area contributed by atoms with E-state index in [1.54, 1.807) is 7.11 Å². The quantitative estimate of drug-likeness (QED) is 0.567. The third-order valence-electron chi connectivity index (χ3n) is 4.90. The van der Waals surface area contributed by atoms with Gasteiger partial charge in [0.05, 0.1) is 12.4 Å². The molecule has 1 aromatic rings. The smallest absolute Gasteiger partial charge is 0.174 e. The van der Waals surface area contributed by atoms with E-state index in [1.165, 1.54) is 0 Å². The summed E-state index contributed by atoms with van der Waals surface area (Å²) in [5.41, 5.74) is -0.284. The Bertz CT molecular complexity index is 672. The van der Waals surface area contributed by atoms with Crippen molar-refractivity contribution in [3.63, 3.8) is 0 Å². The predicted octanol–water partition coefficient (Wildman–Crippen LogP) is 6.24. The molecular formula is C20H34O3P2. The van der Waals surface area contributed by atoms with Gasteiger partial charge in [-0.25, -0.2) is 0 Å². The lowest BCUT2D eigenvalue weighted by molar-refractivity contribution is 0.340. The van der Waals surface area contributed by atoms with Gasteiger partial charge in [0, 0.05) is 10.3 Å². The van der Waals surface area contributed by atoms with Gasteiger partial charge >= 0.3 is 0 Å². The van der Waals surface area contributed by atoms with E-state index in [4.69, 9.17) is 9.47 Å². The molecule has 0 unspecified atom stereocenters. The molecule has 1 aromatic carbocycles. The fourth-order valence-corrected chi connectivity index (χ4v) is 14.8. The Balaban J connectivity index is 2.76. The maximum absolute atomic E-state index is 14.6. The highest BCUT2D eigenvalue weighted by atomic mass is 31.2. The fourth-order valence-electron chi connectivity index (χ4n) is 3.85. The normalized spacial score (nSPS) is 21.7. The molecule has 0 N–H and O–H groups in total. The van der Waals surface area contributed by atoms with Gasteiger partial charge in [-0.15, -0.1) is 0 Å². The van der Waals surface area contributed by atoms with E-state index in [1.807, 2.05) is 18.2 Å². The van der Waals surface area contributed by atoms with Crippen LogP contribution in [0.4, 0.5) is 0 Å². The Morgan fingerprint density at radius 2 is 1.52 bits per heavy atom. The second-order valence-electron chi connectivity index (χ2n) is 9.79. The molecule has 1 aliphatic rings. The highest BCUT2D eigenvalue weighted by molar-refractivity contribution is 7.84. The van der Waals surface area contributed by atoms with Crippen LogP contribution < -0.4 is 14.8 Å². The monoisotopic (exact) mass is 384 g/mol. The van der Waals surface area contributed by atoms with Gasteiger partial charge in [-0.3, -0.25) is 0 Å². The molecule has 0 radical (unpaired) electrons. The summed E-state index contributed by atoms with van der Waals surface area (Å²) in [6.45, 7) is 19.3. The Kier molecular flexibility index (Phi) is 5.22. The van der Waals surface area contributed by atoms with Crippen LogP contribution in [0.3, 0.4) is 0 Å². The summed E-state index contributed by atoms with van der Waals surface area (Å²) in [6.07, 6.45) is 0. The zero-order chi connectivity index (χ0) is 19.4. The van der Waals surface area contributed by atoms with Gasteiger partial charge in [0.25, 0.3) is 0 Å². The third-order valence-corrected chi connectivity index (χ3v) is 14.2. The number of ether oxygens (including phenoxy) is 2. The average Bonchev–Trinajstić information content (AvgIpc) is 2.83. The molecule has 0 fully saturated rings. The average molecular weight is 384 g/mol. The van der Waals surface area contributed by atoms with Crippen LogP contribution in [0.2, 0.25) is 0 Å². The first-order valence-electron chi connectivity index (χ1n) is 8.89. The fraction of sp³-hybridized carbons (Fsp3) is 0.700. The summed E-state index contributed by atoms with van der Waals surface area (Å²) >= 11 is 0. The highest BCUT2D eigenvalue weighted by Gasteiger charge is 2.60. The molecule has 2 atom stereocenters. The second kappa shape index (κ2) is 6.28. The first kappa shape index (κ1) is 20.8. The molecular weight excluding hydrogens is 350 g/mol. The van der Waals surface area contributed by atoms with Crippen molar-refractivity contribution in [2.75, 3.05) is 7.11 Å².